The first kappa shape index (κ1) is 24.9. The summed E-state index contributed by atoms with van der Waals surface area (Å²) in [5, 5.41) is 0.0282. The van der Waals surface area contributed by atoms with E-state index in [1.54, 1.807) is 7.11 Å². The molecule has 3 atom stereocenters. The number of hydrogen-bond acceptors (Lipinski definition) is 5. The maximum Gasteiger partial charge on any atom is 0.194 e. The van der Waals surface area contributed by atoms with Gasteiger partial charge in [-0.25, -0.2) is 0 Å². The van der Waals surface area contributed by atoms with Crippen molar-refractivity contribution < 1.29 is 23.4 Å². The van der Waals surface area contributed by atoms with Gasteiger partial charge in [0.2, 0.25) is 0 Å². The van der Waals surface area contributed by atoms with Gasteiger partial charge >= 0.3 is 0 Å². The Morgan fingerprint density at radius 2 is 1.70 bits per heavy atom. The van der Waals surface area contributed by atoms with Crippen molar-refractivity contribution in [3.63, 3.8) is 0 Å². The summed E-state index contributed by atoms with van der Waals surface area (Å²) in [6.07, 6.45) is 5.24. The number of hydrogen-bond donors (Lipinski definition) is 0. The predicted molar refractivity (Wildman–Crippen MR) is 122 cm³/mol. The van der Waals surface area contributed by atoms with Gasteiger partial charge in [0.25, 0.3) is 0 Å². The van der Waals surface area contributed by atoms with Crippen LogP contribution in [0.3, 0.4) is 0 Å². The first-order valence-corrected chi connectivity index (χ1v) is 13.4. The van der Waals surface area contributed by atoms with E-state index in [9.17, 15) is 0 Å². The minimum atomic E-state index is -2.13. The van der Waals surface area contributed by atoms with Crippen molar-refractivity contribution in [1.82, 2.24) is 0 Å². The fourth-order valence-electron chi connectivity index (χ4n) is 3.29. The Kier molecular flexibility index (Phi) is 7.48. The Bertz CT molecular complexity index is 744. The third-order valence-electron chi connectivity index (χ3n) is 6.00. The Morgan fingerprint density at radius 1 is 1.10 bits per heavy atom. The van der Waals surface area contributed by atoms with Crippen LogP contribution in [0.1, 0.15) is 47.1 Å². The van der Waals surface area contributed by atoms with Gasteiger partial charge in [-0.2, -0.15) is 0 Å². The molecule has 5 nitrogen and oxygen atoms in total. The summed E-state index contributed by atoms with van der Waals surface area (Å²) in [4.78, 5) is 0. The Hall–Kier alpha value is -1.36. The SMILES string of the molecule is C#C[C@@](C)(O[Si](C)(C)C(C)(C)C)[C@@H]1OC(C)(C)O[C@@H]1COCc1ccc(OC)cc1. The molecule has 1 aliphatic rings. The van der Waals surface area contributed by atoms with Gasteiger partial charge in [-0.1, -0.05) is 38.8 Å². The van der Waals surface area contributed by atoms with Crippen LogP contribution in [0.5, 0.6) is 5.75 Å². The molecular formula is C24H38O5Si. The lowest BCUT2D eigenvalue weighted by Gasteiger charge is -2.44. The Balaban J connectivity index is 2.12. The van der Waals surface area contributed by atoms with E-state index in [1.165, 1.54) is 0 Å². The zero-order valence-corrected chi connectivity index (χ0v) is 21.0. The van der Waals surface area contributed by atoms with Crippen LogP contribution in [-0.2, 0) is 25.2 Å². The molecule has 1 aromatic rings. The average molecular weight is 435 g/mol. The van der Waals surface area contributed by atoms with Gasteiger partial charge in [-0.15, -0.1) is 6.42 Å². The summed E-state index contributed by atoms with van der Waals surface area (Å²) < 4.78 is 30.2. The molecule has 0 aromatic heterocycles. The zero-order chi connectivity index (χ0) is 22.8. The van der Waals surface area contributed by atoms with Crippen molar-refractivity contribution in [1.29, 1.82) is 0 Å². The van der Waals surface area contributed by atoms with E-state index in [-0.39, 0.29) is 11.1 Å². The Labute approximate surface area is 183 Å². The topological polar surface area (TPSA) is 46.2 Å². The van der Waals surface area contributed by atoms with E-state index in [1.807, 2.05) is 45.0 Å². The molecule has 0 radical (unpaired) electrons. The van der Waals surface area contributed by atoms with Crippen LogP contribution < -0.4 is 4.74 Å². The molecule has 6 heteroatoms. The monoisotopic (exact) mass is 434 g/mol. The van der Waals surface area contributed by atoms with Gasteiger partial charge in [0.05, 0.1) is 20.3 Å². The molecule has 0 N–H and O–H groups in total. The molecular weight excluding hydrogens is 396 g/mol. The molecule has 1 saturated heterocycles. The fraction of sp³-hybridized carbons (Fsp3) is 0.667. The molecule has 168 valence electrons. The highest BCUT2D eigenvalue weighted by atomic mass is 28.4. The molecule has 0 spiro atoms. The number of rotatable bonds is 8. The van der Waals surface area contributed by atoms with E-state index in [2.05, 4.69) is 39.8 Å². The van der Waals surface area contributed by atoms with E-state index < -0.39 is 25.8 Å². The quantitative estimate of drug-likeness (QED) is 0.418. The van der Waals surface area contributed by atoms with Gasteiger partial charge in [-0.3, -0.25) is 0 Å². The van der Waals surface area contributed by atoms with Gasteiger partial charge in [-0.05, 0) is 56.6 Å². The smallest absolute Gasteiger partial charge is 0.194 e. The molecule has 2 rings (SSSR count). The van der Waals surface area contributed by atoms with Crippen molar-refractivity contribution in [2.75, 3.05) is 13.7 Å². The highest BCUT2D eigenvalue weighted by Crippen LogP contribution is 2.43. The van der Waals surface area contributed by atoms with Crippen molar-refractivity contribution in [2.24, 2.45) is 0 Å². The van der Waals surface area contributed by atoms with Crippen molar-refractivity contribution in [3.05, 3.63) is 29.8 Å². The second-order valence-electron chi connectivity index (χ2n) is 10.1. The predicted octanol–water partition coefficient (Wildman–Crippen LogP) is 5.15. The summed E-state index contributed by atoms with van der Waals surface area (Å²) in [5.41, 5.74) is 0.146. The first-order valence-electron chi connectivity index (χ1n) is 10.5. The fourth-order valence-corrected chi connectivity index (χ4v) is 4.83. The standard InChI is InChI=1S/C24H38O5Si/c1-11-24(7,29-30(9,10)22(2,3)4)21-20(27-23(5,6)28-21)17-26-16-18-12-14-19(25-8)15-13-18/h1,12-15,20-21H,16-17H2,2-10H3/t20-,21-,24-/m1/s1. The minimum Gasteiger partial charge on any atom is -0.497 e. The van der Waals surface area contributed by atoms with Gasteiger partial charge in [0, 0.05) is 0 Å². The van der Waals surface area contributed by atoms with E-state index >= 15 is 0 Å². The van der Waals surface area contributed by atoms with Gasteiger partial charge < -0.3 is 23.4 Å². The first-order chi connectivity index (χ1) is 13.7. The van der Waals surface area contributed by atoms with E-state index in [4.69, 9.17) is 29.8 Å². The molecule has 30 heavy (non-hydrogen) atoms. The largest absolute Gasteiger partial charge is 0.497 e. The summed E-state index contributed by atoms with van der Waals surface area (Å²) in [6.45, 7) is 17.5. The summed E-state index contributed by atoms with van der Waals surface area (Å²) in [5.74, 6) is 2.94. The number of ether oxygens (including phenoxy) is 4. The second-order valence-corrected chi connectivity index (χ2v) is 14.8. The van der Waals surface area contributed by atoms with E-state index in [0.29, 0.717) is 13.2 Å². The molecule has 0 amide bonds. The highest BCUT2D eigenvalue weighted by Gasteiger charge is 2.54. The lowest BCUT2D eigenvalue weighted by molar-refractivity contribution is -0.161. The molecule has 1 fully saturated rings. The molecule has 1 aromatic carbocycles. The number of terminal acetylenes is 1. The molecule has 1 aliphatic heterocycles. The van der Waals surface area contributed by atoms with Gasteiger partial charge in [0.15, 0.2) is 14.1 Å². The lowest BCUT2D eigenvalue weighted by Crippen LogP contribution is -2.56. The molecule has 0 unspecified atom stereocenters. The third-order valence-corrected chi connectivity index (χ3v) is 10.5. The molecule has 0 saturated carbocycles. The van der Waals surface area contributed by atoms with Crippen LogP contribution in [-0.4, -0.2) is 45.6 Å². The zero-order valence-electron chi connectivity index (χ0n) is 20.0. The number of methoxy groups -OCH3 is 1. The average Bonchev–Trinajstić information content (AvgIpc) is 2.96. The lowest BCUT2D eigenvalue weighted by atomic mass is 9.96. The summed E-state index contributed by atoms with van der Waals surface area (Å²) in [6, 6.07) is 7.81. The van der Waals surface area contributed by atoms with Crippen molar-refractivity contribution >= 4 is 8.32 Å². The molecule has 0 bridgehead atoms. The Morgan fingerprint density at radius 3 is 2.20 bits per heavy atom. The van der Waals surface area contributed by atoms with Crippen LogP contribution >= 0.6 is 0 Å². The minimum absolute atomic E-state index is 0.0282. The summed E-state index contributed by atoms with van der Waals surface area (Å²) >= 11 is 0. The normalized spacial score (nSPS) is 23.6. The molecule has 0 aliphatic carbocycles. The van der Waals surface area contributed by atoms with Crippen LogP contribution in [0.4, 0.5) is 0 Å². The van der Waals surface area contributed by atoms with E-state index in [0.717, 1.165) is 11.3 Å². The van der Waals surface area contributed by atoms with Crippen LogP contribution in [0.2, 0.25) is 18.1 Å². The van der Waals surface area contributed by atoms with Crippen LogP contribution in [0, 0.1) is 12.3 Å². The summed E-state index contributed by atoms with van der Waals surface area (Å²) in [7, 11) is -0.477. The maximum atomic E-state index is 6.67. The van der Waals surface area contributed by atoms with Crippen LogP contribution in [0.25, 0.3) is 0 Å². The van der Waals surface area contributed by atoms with Crippen molar-refractivity contribution in [2.45, 2.75) is 89.9 Å². The second kappa shape index (κ2) is 9.02. The van der Waals surface area contributed by atoms with Crippen LogP contribution in [0.15, 0.2) is 24.3 Å². The van der Waals surface area contributed by atoms with Gasteiger partial charge in [0.1, 0.15) is 23.6 Å². The number of benzene rings is 1. The third kappa shape index (κ3) is 5.86. The van der Waals surface area contributed by atoms with Crippen molar-refractivity contribution in [3.8, 4) is 18.1 Å². The highest BCUT2D eigenvalue weighted by molar-refractivity contribution is 6.74. The maximum absolute atomic E-state index is 6.67. The molecule has 1 heterocycles.